The highest BCUT2D eigenvalue weighted by Crippen LogP contribution is 2.43. The van der Waals surface area contributed by atoms with Crippen molar-refractivity contribution in [2.75, 3.05) is 13.2 Å². The zero-order valence-electron chi connectivity index (χ0n) is 34.1. The second-order valence-corrected chi connectivity index (χ2v) is 16.5. The molecule has 4 atom stereocenters. The molecule has 14 nitrogen and oxygen atoms in total. The van der Waals surface area contributed by atoms with Crippen molar-refractivity contribution in [1.29, 1.82) is 0 Å². The summed E-state index contributed by atoms with van der Waals surface area (Å²) in [5, 5.41) is 25.6. The van der Waals surface area contributed by atoms with E-state index < -0.39 is 110 Å². The standard InChI is InChI=1S/C22H21F3N2O5.C22H22F2N2O5/c1-22-4-2-3-5-32-16(22)10-27-9-13(18(28)19(29)17(27)20(22)30)21(31)26-8-12-14(24)6-11(23)7-15(12)25;1-22-6-2-3-7-31-16(22)11-26-10-14(18(27)19(28)17(26)20(22)29)21(30)25-9-12-4-5-13(23)8-15(12)24/h6-7,9,16,29H,2-5,8,10H2,1H3,(H,26,31);4-5,8,10,16,28H,2-3,6-7,9,11H2,1H3,(H,25,30)/t2*16-,22-/m11/s1. The number of rotatable bonds is 6. The first-order valence-electron chi connectivity index (χ1n) is 20.2. The van der Waals surface area contributed by atoms with Gasteiger partial charge < -0.3 is 39.5 Å². The minimum Gasteiger partial charge on any atom is -0.503 e. The summed E-state index contributed by atoms with van der Waals surface area (Å²) in [5.41, 5.74) is -5.55. The number of Topliss-reactive ketones (excluding diaryl/α,β-unsaturated/α-hetero) is 2. The lowest BCUT2D eigenvalue weighted by Gasteiger charge is -2.40. The summed E-state index contributed by atoms with van der Waals surface area (Å²) >= 11 is 0. The molecule has 2 amide bonds. The smallest absolute Gasteiger partial charge is 0.257 e. The van der Waals surface area contributed by atoms with Gasteiger partial charge in [-0.2, -0.15) is 0 Å². The van der Waals surface area contributed by atoms with Gasteiger partial charge in [-0.1, -0.05) is 18.9 Å². The Kier molecular flexibility index (Phi) is 12.5. The van der Waals surface area contributed by atoms with Crippen LogP contribution in [0.3, 0.4) is 0 Å². The van der Waals surface area contributed by atoms with Gasteiger partial charge in [0.15, 0.2) is 23.1 Å². The van der Waals surface area contributed by atoms with E-state index in [-0.39, 0.29) is 47.9 Å². The van der Waals surface area contributed by atoms with Crippen molar-refractivity contribution in [3.8, 4) is 11.5 Å². The number of nitrogens with zero attached hydrogens (tertiary/aromatic N) is 2. The molecule has 334 valence electrons. The van der Waals surface area contributed by atoms with Crippen LogP contribution in [-0.4, -0.2) is 68.1 Å². The van der Waals surface area contributed by atoms with E-state index in [0.29, 0.717) is 44.3 Å². The number of halogens is 5. The van der Waals surface area contributed by atoms with Crippen molar-refractivity contribution >= 4 is 23.4 Å². The van der Waals surface area contributed by atoms with Gasteiger partial charge in [0.05, 0.1) is 36.1 Å². The quantitative estimate of drug-likeness (QED) is 0.187. The Bertz CT molecular complexity index is 2650. The van der Waals surface area contributed by atoms with E-state index in [1.54, 1.807) is 13.8 Å². The van der Waals surface area contributed by atoms with Crippen LogP contribution in [0.2, 0.25) is 0 Å². The van der Waals surface area contributed by atoms with Gasteiger partial charge in [0.25, 0.3) is 11.8 Å². The summed E-state index contributed by atoms with van der Waals surface area (Å²) in [4.78, 5) is 76.8. The molecule has 0 spiro atoms. The van der Waals surface area contributed by atoms with E-state index in [1.165, 1.54) is 21.4 Å². The van der Waals surface area contributed by atoms with E-state index in [2.05, 4.69) is 10.6 Å². The van der Waals surface area contributed by atoms with E-state index >= 15 is 0 Å². The molecule has 2 fully saturated rings. The highest BCUT2D eigenvalue weighted by atomic mass is 19.2. The van der Waals surface area contributed by atoms with Crippen molar-refractivity contribution < 1.29 is 60.8 Å². The molecule has 4 aliphatic rings. The Balaban J connectivity index is 0.000000189. The van der Waals surface area contributed by atoms with Crippen LogP contribution < -0.4 is 21.5 Å². The van der Waals surface area contributed by atoms with E-state index in [4.69, 9.17) is 9.47 Å². The molecular weight excluding hydrogens is 839 g/mol. The van der Waals surface area contributed by atoms with Gasteiger partial charge >= 0.3 is 0 Å². The average molecular weight is 883 g/mol. The lowest BCUT2D eigenvalue weighted by molar-refractivity contribution is -0.0287. The third-order valence-corrected chi connectivity index (χ3v) is 12.4. The van der Waals surface area contributed by atoms with Crippen LogP contribution in [0.4, 0.5) is 22.0 Å². The Labute approximate surface area is 355 Å². The van der Waals surface area contributed by atoms with Gasteiger partial charge in [0.1, 0.15) is 51.6 Å². The summed E-state index contributed by atoms with van der Waals surface area (Å²) in [6.07, 6.45) is 5.69. The molecule has 0 saturated carbocycles. The van der Waals surface area contributed by atoms with Crippen LogP contribution in [0.1, 0.15) is 105 Å². The molecule has 4 aliphatic heterocycles. The predicted molar refractivity (Wildman–Crippen MR) is 212 cm³/mol. The molecule has 2 aromatic carbocycles. The minimum absolute atomic E-state index is 0.0369. The zero-order valence-corrected chi connectivity index (χ0v) is 34.1. The third-order valence-electron chi connectivity index (χ3n) is 12.4. The largest absolute Gasteiger partial charge is 0.503 e. The SMILES string of the molecule is C[C@@]12CCCCO[C@@H]1Cn1cc(C(=O)NCc3c(F)cc(F)cc3F)c(=O)c(O)c1C2=O.C[C@@]12CCCCO[C@@H]1Cn1cc(C(=O)NCc3ccc(F)cc3F)c(=O)c(O)c1C2=O. The second-order valence-electron chi connectivity index (χ2n) is 16.5. The number of hydrogen-bond acceptors (Lipinski definition) is 10. The number of aromatic hydroxyl groups is 2. The molecule has 0 aliphatic carbocycles. The number of amides is 2. The molecule has 0 radical (unpaired) electrons. The summed E-state index contributed by atoms with van der Waals surface area (Å²) in [7, 11) is 0. The lowest BCUT2D eigenvalue weighted by atomic mass is 9.72. The first-order chi connectivity index (χ1) is 29.8. The van der Waals surface area contributed by atoms with Crippen molar-refractivity contribution in [3.63, 3.8) is 0 Å². The highest BCUT2D eigenvalue weighted by Gasteiger charge is 2.50. The van der Waals surface area contributed by atoms with Crippen molar-refractivity contribution in [2.24, 2.45) is 10.8 Å². The van der Waals surface area contributed by atoms with Crippen LogP contribution >= 0.6 is 0 Å². The number of pyridine rings is 2. The molecule has 2 aromatic heterocycles. The van der Waals surface area contributed by atoms with Gasteiger partial charge in [-0.25, -0.2) is 22.0 Å². The number of nitrogens with one attached hydrogen (secondary N) is 2. The van der Waals surface area contributed by atoms with E-state index in [9.17, 15) is 60.9 Å². The number of benzene rings is 2. The lowest BCUT2D eigenvalue weighted by Crippen LogP contribution is -2.49. The third kappa shape index (κ3) is 8.38. The maximum Gasteiger partial charge on any atom is 0.257 e. The van der Waals surface area contributed by atoms with Crippen LogP contribution in [0, 0.1) is 39.9 Å². The van der Waals surface area contributed by atoms with Crippen LogP contribution in [-0.2, 0) is 35.7 Å². The second kappa shape index (κ2) is 17.5. The maximum absolute atomic E-state index is 13.8. The summed E-state index contributed by atoms with van der Waals surface area (Å²) in [5.74, 6) is -9.39. The van der Waals surface area contributed by atoms with Crippen LogP contribution in [0.25, 0.3) is 0 Å². The highest BCUT2D eigenvalue weighted by molar-refractivity contribution is 6.04. The summed E-state index contributed by atoms with van der Waals surface area (Å²) < 4.78 is 81.9. The van der Waals surface area contributed by atoms with E-state index in [1.807, 2.05) is 0 Å². The monoisotopic (exact) mass is 882 g/mol. The van der Waals surface area contributed by atoms with Gasteiger partial charge in [-0.3, -0.25) is 28.8 Å². The molecule has 0 unspecified atom stereocenters. The molecule has 4 N–H and O–H groups in total. The summed E-state index contributed by atoms with van der Waals surface area (Å²) in [6.45, 7) is 3.91. The Hall–Kier alpha value is -6.21. The number of fused-ring (bicyclic) bond motifs is 4. The van der Waals surface area contributed by atoms with Gasteiger partial charge in [-0.15, -0.1) is 0 Å². The minimum atomic E-state index is -1.19. The van der Waals surface area contributed by atoms with Gasteiger partial charge in [0.2, 0.25) is 10.9 Å². The van der Waals surface area contributed by atoms with Gasteiger partial charge in [-0.05, 0) is 45.6 Å². The first-order valence-corrected chi connectivity index (χ1v) is 20.2. The predicted octanol–water partition coefficient (Wildman–Crippen LogP) is 5.21. The number of aromatic nitrogens is 2. The fraction of sp³-hybridized carbons (Fsp3) is 0.409. The number of hydrogen-bond donors (Lipinski definition) is 4. The number of carbonyl (C=O) groups is 4. The molecule has 0 bridgehead atoms. The molecule has 2 saturated heterocycles. The summed E-state index contributed by atoms with van der Waals surface area (Å²) in [6, 6.07) is 3.88. The molecule has 63 heavy (non-hydrogen) atoms. The maximum atomic E-state index is 13.8. The molecule has 6 heterocycles. The zero-order chi connectivity index (χ0) is 45.5. The Morgan fingerprint density at radius 1 is 0.667 bits per heavy atom. The number of carbonyl (C=O) groups excluding carboxylic acids is 4. The molecular formula is C44H43F5N4O10. The molecule has 8 rings (SSSR count). The fourth-order valence-electron chi connectivity index (χ4n) is 8.58. The fourth-order valence-corrected chi connectivity index (χ4v) is 8.58. The van der Waals surface area contributed by atoms with Crippen molar-refractivity contribution in [2.45, 2.75) is 90.8 Å². The number of ether oxygens (including phenoxy) is 2. The van der Waals surface area contributed by atoms with Crippen LogP contribution in [0.15, 0.2) is 52.3 Å². The molecule has 19 heteroatoms. The van der Waals surface area contributed by atoms with E-state index in [0.717, 1.165) is 37.9 Å². The topological polar surface area (TPSA) is 195 Å². The normalized spacial score (nSPS) is 22.8. The van der Waals surface area contributed by atoms with Gasteiger partial charge in [0, 0.05) is 68.0 Å². The van der Waals surface area contributed by atoms with Crippen molar-refractivity contribution in [3.05, 3.63) is 126 Å². The molecule has 4 aromatic rings. The average Bonchev–Trinajstić information content (AvgIpc) is 3.55. The van der Waals surface area contributed by atoms with Crippen molar-refractivity contribution in [1.82, 2.24) is 19.8 Å². The Morgan fingerprint density at radius 2 is 1.11 bits per heavy atom. The van der Waals surface area contributed by atoms with Crippen LogP contribution in [0.5, 0.6) is 11.5 Å². The Morgan fingerprint density at radius 3 is 1.57 bits per heavy atom. The first kappa shape index (κ1) is 44.8. The number of ketones is 2.